The largest absolute Gasteiger partial charge is 0.484 e. The molecular weight excluding hydrogens is 480 g/mol. The molecule has 0 unspecified atom stereocenters. The molecule has 0 atom stereocenters. The van der Waals surface area contributed by atoms with E-state index in [-0.39, 0.29) is 18.4 Å². The smallest absolute Gasteiger partial charge is 0.262 e. The second kappa shape index (κ2) is 14.2. The molecule has 0 radical (unpaired) electrons. The van der Waals surface area contributed by atoms with Crippen molar-refractivity contribution in [3.8, 4) is 5.75 Å². The molecule has 3 aromatic carbocycles. The molecule has 0 spiro atoms. The molecule has 38 heavy (non-hydrogen) atoms. The van der Waals surface area contributed by atoms with Gasteiger partial charge in [-0.15, -0.1) is 0 Å². The minimum atomic E-state index is -0.289. The van der Waals surface area contributed by atoms with Crippen LogP contribution in [0.5, 0.6) is 5.75 Å². The van der Waals surface area contributed by atoms with Crippen molar-refractivity contribution in [1.82, 2.24) is 10.2 Å². The first-order chi connectivity index (χ1) is 18.6. The molecule has 1 heterocycles. The summed E-state index contributed by atoms with van der Waals surface area (Å²) in [5.74, 6) is 0.169. The number of nitrogens with zero attached hydrogens (tertiary/aromatic N) is 2. The predicted octanol–water partition coefficient (Wildman–Crippen LogP) is 3.79. The van der Waals surface area contributed by atoms with Crippen molar-refractivity contribution >= 4 is 23.2 Å². The average molecular weight is 517 g/mol. The van der Waals surface area contributed by atoms with Crippen molar-refractivity contribution < 1.29 is 19.1 Å². The van der Waals surface area contributed by atoms with Gasteiger partial charge in [0.25, 0.3) is 11.8 Å². The van der Waals surface area contributed by atoms with Crippen LogP contribution in [0.25, 0.3) is 0 Å². The number of nitrogens with one attached hydrogen (secondary N) is 2. The van der Waals surface area contributed by atoms with E-state index < -0.39 is 0 Å². The molecule has 1 aliphatic rings. The van der Waals surface area contributed by atoms with Crippen molar-refractivity contribution in [3.05, 3.63) is 90.0 Å². The summed E-state index contributed by atoms with van der Waals surface area (Å²) in [6.45, 7) is 5.32. The second-order valence-corrected chi connectivity index (χ2v) is 9.23. The first kappa shape index (κ1) is 27.2. The maximum atomic E-state index is 13.2. The van der Waals surface area contributed by atoms with Crippen LogP contribution in [0, 0.1) is 0 Å². The van der Waals surface area contributed by atoms with E-state index in [0.717, 1.165) is 44.8 Å². The van der Waals surface area contributed by atoms with E-state index in [4.69, 9.17) is 9.47 Å². The summed E-state index contributed by atoms with van der Waals surface area (Å²) in [5, 5.41) is 5.85. The summed E-state index contributed by atoms with van der Waals surface area (Å²) in [5.41, 5.74) is 3.27. The molecule has 2 N–H and O–H groups in total. The van der Waals surface area contributed by atoms with Gasteiger partial charge in [-0.05, 0) is 42.3 Å². The van der Waals surface area contributed by atoms with Crippen LogP contribution in [0.4, 0.5) is 11.4 Å². The first-order valence-corrected chi connectivity index (χ1v) is 13.0. The number of hydrogen-bond donors (Lipinski definition) is 2. The Kier molecular flexibility index (Phi) is 10.1. The Morgan fingerprint density at radius 2 is 1.61 bits per heavy atom. The minimum absolute atomic E-state index is 0.117. The van der Waals surface area contributed by atoms with E-state index in [9.17, 15) is 9.59 Å². The van der Waals surface area contributed by atoms with Gasteiger partial charge in [0.05, 0.1) is 5.56 Å². The highest BCUT2D eigenvalue weighted by atomic mass is 16.5. The highest BCUT2D eigenvalue weighted by Crippen LogP contribution is 2.26. The van der Waals surface area contributed by atoms with Gasteiger partial charge in [0, 0.05) is 64.4 Å². The number of hydrogen-bond acceptors (Lipinski definition) is 6. The number of piperazine rings is 1. The Hall–Kier alpha value is -3.88. The molecule has 0 aromatic heterocycles. The monoisotopic (exact) mass is 516 g/mol. The van der Waals surface area contributed by atoms with E-state index in [1.54, 1.807) is 25.3 Å². The van der Waals surface area contributed by atoms with E-state index in [0.29, 0.717) is 30.2 Å². The van der Waals surface area contributed by atoms with Gasteiger partial charge >= 0.3 is 0 Å². The number of amides is 2. The lowest BCUT2D eigenvalue weighted by Gasteiger charge is -2.37. The zero-order chi connectivity index (χ0) is 26.6. The molecule has 200 valence electrons. The van der Waals surface area contributed by atoms with Crippen molar-refractivity contribution in [2.45, 2.75) is 13.0 Å². The van der Waals surface area contributed by atoms with Crippen molar-refractivity contribution in [3.63, 3.8) is 0 Å². The number of benzene rings is 3. The van der Waals surface area contributed by atoms with Crippen LogP contribution < -0.4 is 20.3 Å². The molecular formula is C30H36N4O4. The highest BCUT2D eigenvalue weighted by Gasteiger charge is 2.22. The number of para-hydroxylation sites is 1. The van der Waals surface area contributed by atoms with Gasteiger partial charge in [-0.3, -0.25) is 14.5 Å². The third-order valence-corrected chi connectivity index (χ3v) is 6.41. The quantitative estimate of drug-likeness (QED) is 0.357. The fraction of sp³-hybridized carbons (Fsp3) is 0.333. The SMILES string of the molecule is COCCCNC(=O)c1cc(NC(=O)COc2ccccc2)ccc1N1CCN(Cc2ccccc2)CC1. The van der Waals surface area contributed by atoms with E-state index in [1.807, 2.05) is 36.4 Å². The third kappa shape index (κ3) is 8.06. The molecule has 0 bridgehead atoms. The number of carbonyl (C=O) groups excluding carboxylic acids is 2. The normalized spacial score (nSPS) is 13.7. The van der Waals surface area contributed by atoms with Gasteiger partial charge in [-0.25, -0.2) is 0 Å². The Morgan fingerprint density at radius 3 is 2.32 bits per heavy atom. The topological polar surface area (TPSA) is 83.1 Å². The number of ether oxygens (including phenoxy) is 2. The number of anilines is 2. The van der Waals surface area contributed by atoms with Crippen molar-refractivity contribution in [2.75, 3.05) is 63.3 Å². The number of carbonyl (C=O) groups is 2. The van der Waals surface area contributed by atoms with Crippen molar-refractivity contribution in [1.29, 1.82) is 0 Å². The van der Waals surface area contributed by atoms with E-state index in [1.165, 1.54) is 5.56 Å². The van der Waals surface area contributed by atoms with Crippen LogP contribution >= 0.6 is 0 Å². The van der Waals surface area contributed by atoms with Crippen LogP contribution in [-0.2, 0) is 16.1 Å². The predicted molar refractivity (Wildman–Crippen MR) is 150 cm³/mol. The molecule has 1 saturated heterocycles. The molecule has 1 aliphatic heterocycles. The molecule has 2 amide bonds. The molecule has 4 rings (SSSR count). The van der Waals surface area contributed by atoms with Gasteiger partial charge in [-0.2, -0.15) is 0 Å². The van der Waals surface area contributed by atoms with Crippen LogP contribution in [0.3, 0.4) is 0 Å². The molecule has 8 nitrogen and oxygen atoms in total. The summed E-state index contributed by atoms with van der Waals surface area (Å²) < 4.78 is 10.6. The van der Waals surface area contributed by atoms with Gasteiger partial charge < -0.3 is 25.0 Å². The summed E-state index contributed by atoms with van der Waals surface area (Å²) in [4.78, 5) is 30.4. The standard InChI is InChI=1S/C30H36N4O4/c1-37-20-8-15-31-30(36)27-21-25(32-29(35)23-38-26-11-6-3-7-12-26)13-14-28(27)34-18-16-33(17-19-34)22-24-9-4-2-5-10-24/h2-7,9-14,21H,8,15-20,22-23H2,1H3,(H,31,36)(H,32,35). The summed E-state index contributed by atoms with van der Waals surface area (Å²) in [6.07, 6.45) is 0.725. The van der Waals surface area contributed by atoms with Crippen LogP contribution in [0.2, 0.25) is 0 Å². The first-order valence-electron chi connectivity index (χ1n) is 13.0. The summed E-state index contributed by atoms with van der Waals surface area (Å²) >= 11 is 0. The highest BCUT2D eigenvalue weighted by molar-refractivity contribution is 6.02. The molecule has 0 aliphatic carbocycles. The lowest BCUT2D eigenvalue weighted by Crippen LogP contribution is -2.46. The van der Waals surface area contributed by atoms with Gasteiger partial charge in [0.15, 0.2) is 6.61 Å². The molecule has 0 saturated carbocycles. The van der Waals surface area contributed by atoms with E-state index >= 15 is 0 Å². The molecule has 8 heteroatoms. The van der Waals surface area contributed by atoms with Crippen LogP contribution in [0.15, 0.2) is 78.9 Å². The summed E-state index contributed by atoms with van der Waals surface area (Å²) in [6, 6.07) is 25.2. The third-order valence-electron chi connectivity index (χ3n) is 6.41. The number of rotatable bonds is 12. The zero-order valence-electron chi connectivity index (χ0n) is 21.9. The maximum absolute atomic E-state index is 13.2. The second-order valence-electron chi connectivity index (χ2n) is 9.23. The van der Waals surface area contributed by atoms with Gasteiger partial charge in [0.1, 0.15) is 5.75 Å². The minimum Gasteiger partial charge on any atom is -0.484 e. The Morgan fingerprint density at radius 1 is 0.895 bits per heavy atom. The number of methoxy groups -OCH3 is 1. The fourth-order valence-corrected chi connectivity index (χ4v) is 4.44. The van der Waals surface area contributed by atoms with Crippen LogP contribution in [0.1, 0.15) is 22.3 Å². The van der Waals surface area contributed by atoms with E-state index in [2.05, 4.69) is 44.7 Å². The van der Waals surface area contributed by atoms with Gasteiger partial charge in [0.2, 0.25) is 0 Å². The zero-order valence-corrected chi connectivity index (χ0v) is 21.9. The van der Waals surface area contributed by atoms with Gasteiger partial charge in [-0.1, -0.05) is 48.5 Å². The Balaban J connectivity index is 1.41. The average Bonchev–Trinajstić information content (AvgIpc) is 2.96. The molecule has 1 fully saturated rings. The van der Waals surface area contributed by atoms with Crippen molar-refractivity contribution in [2.24, 2.45) is 0 Å². The lowest BCUT2D eigenvalue weighted by molar-refractivity contribution is -0.118. The Bertz CT molecular complexity index is 1170. The van der Waals surface area contributed by atoms with Crippen LogP contribution in [-0.4, -0.2) is 69.8 Å². The summed E-state index contributed by atoms with van der Waals surface area (Å²) in [7, 11) is 1.64. The lowest BCUT2D eigenvalue weighted by atomic mass is 10.1. The Labute approximate surface area is 224 Å². The fourth-order valence-electron chi connectivity index (χ4n) is 4.44. The molecule has 3 aromatic rings. The maximum Gasteiger partial charge on any atom is 0.262 e.